The minimum Gasteiger partial charge on any atom is -0.876 e. The molecular formula is C29H49O3-. The summed E-state index contributed by atoms with van der Waals surface area (Å²) in [5, 5.41) is 21.9. The second-order valence-electron chi connectivity index (χ2n) is 11.5. The van der Waals surface area contributed by atoms with Crippen molar-refractivity contribution in [1.29, 1.82) is 0 Å². The molecule has 1 heterocycles. The molecule has 3 heteroatoms. The highest BCUT2D eigenvalue weighted by Crippen LogP contribution is 2.43. The van der Waals surface area contributed by atoms with Crippen LogP contribution in [0.1, 0.15) is 106 Å². The van der Waals surface area contributed by atoms with Gasteiger partial charge in [0.1, 0.15) is 0 Å². The molecule has 1 aliphatic carbocycles. The molecule has 0 radical (unpaired) electrons. The Hall–Kier alpha value is -1.06. The zero-order valence-electron chi connectivity index (χ0n) is 21.7. The third kappa shape index (κ3) is 8.37. The fourth-order valence-corrected chi connectivity index (χ4v) is 5.34. The van der Waals surface area contributed by atoms with Crippen LogP contribution in [-0.4, -0.2) is 22.4 Å². The molecule has 0 amide bonds. The lowest BCUT2D eigenvalue weighted by Gasteiger charge is -2.47. The van der Waals surface area contributed by atoms with Crippen molar-refractivity contribution in [2.75, 3.05) is 0 Å². The smallest absolute Gasteiger partial charge is 0.0676 e. The predicted molar refractivity (Wildman–Crippen MR) is 133 cm³/mol. The molecule has 0 aromatic heterocycles. The minimum atomic E-state index is -0.664. The van der Waals surface area contributed by atoms with E-state index in [1.807, 2.05) is 13.8 Å². The van der Waals surface area contributed by atoms with Crippen LogP contribution in [0, 0.1) is 23.7 Å². The summed E-state index contributed by atoms with van der Waals surface area (Å²) in [7, 11) is 0. The molecule has 2 rings (SSSR count). The van der Waals surface area contributed by atoms with Gasteiger partial charge in [-0.1, -0.05) is 51.0 Å². The first-order valence-electron chi connectivity index (χ1n) is 13.0. The van der Waals surface area contributed by atoms with E-state index in [9.17, 15) is 10.2 Å². The molecule has 7 atom stereocenters. The van der Waals surface area contributed by atoms with Gasteiger partial charge in [0.15, 0.2) is 0 Å². The van der Waals surface area contributed by atoms with Crippen molar-refractivity contribution in [3.8, 4) is 0 Å². The molecule has 0 bridgehead atoms. The van der Waals surface area contributed by atoms with Gasteiger partial charge in [-0.15, -0.1) is 12.3 Å². The predicted octanol–water partition coefficient (Wildman–Crippen LogP) is 6.71. The Morgan fingerprint density at radius 3 is 2.72 bits per heavy atom. The van der Waals surface area contributed by atoms with Crippen molar-refractivity contribution in [2.24, 2.45) is 23.7 Å². The zero-order chi connectivity index (χ0) is 23.9. The van der Waals surface area contributed by atoms with E-state index in [1.54, 1.807) is 0 Å². The zero-order valence-corrected chi connectivity index (χ0v) is 21.7. The lowest BCUT2D eigenvalue weighted by Crippen LogP contribution is -2.47. The van der Waals surface area contributed by atoms with Gasteiger partial charge in [0, 0.05) is 5.92 Å². The highest BCUT2D eigenvalue weighted by atomic mass is 16.5. The van der Waals surface area contributed by atoms with Crippen LogP contribution in [-0.2, 0) is 4.74 Å². The first kappa shape index (κ1) is 27.2. The summed E-state index contributed by atoms with van der Waals surface area (Å²) in [6, 6.07) is 0. The number of ether oxygens (including phenoxy) is 1. The molecular weight excluding hydrogens is 396 g/mol. The third-order valence-electron chi connectivity index (χ3n) is 8.21. The Morgan fingerprint density at radius 2 is 2.03 bits per heavy atom. The quantitative estimate of drug-likeness (QED) is 0.268. The molecule has 1 aliphatic heterocycles. The van der Waals surface area contributed by atoms with Crippen LogP contribution in [0.2, 0.25) is 0 Å². The summed E-state index contributed by atoms with van der Waals surface area (Å²) < 4.78 is 6.71. The average molecular weight is 446 g/mol. The lowest BCUT2D eigenvalue weighted by molar-refractivity contribution is -0.313. The Labute approximate surface area is 198 Å². The van der Waals surface area contributed by atoms with Crippen LogP contribution in [0.15, 0.2) is 36.1 Å². The molecule has 1 N–H and O–H groups in total. The molecule has 0 aromatic rings. The van der Waals surface area contributed by atoms with Gasteiger partial charge in [0.05, 0.1) is 17.3 Å². The maximum absolute atomic E-state index is 11.3. The number of rotatable bonds is 12. The monoisotopic (exact) mass is 445 g/mol. The van der Waals surface area contributed by atoms with E-state index in [4.69, 9.17) is 4.74 Å². The van der Waals surface area contributed by atoms with Crippen LogP contribution in [0.25, 0.3) is 0 Å². The molecule has 0 saturated carbocycles. The average Bonchev–Trinajstić information content (AvgIpc) is 2.70. The van der Waals surface area contributed by atoms with Crippen molar-refractivity contribution in [3.63, 3.8) is 0 Å². The van der Waals surface area contributed by atoms with Crippen molar-refractivity contribution in [2.45, 2.75) is 123 Å². The second kappa shape index (κ2) is 11.9. The standard InChI is InChI=1S/C29H50O3/c1-21(11-8-17-28(6,31)18-10-13-23(3)25(5)30)12-9-19-29(7)20-16-26-15-14-22(2)24(4)27(26)32-29/h11,14-15,22-24,26-27,30-31H,5,8-10,12-13,16-20H2,1-4,6-7H3/p-1/b21-11+. The Bertz CT molecular complexity index is 661. The second-order valence-corrected chi connectivity index (χ2v) is 11.5. The van der Waals surface area contributed by atoms with Crippen LogP contribution in [0.3, 0.4) is 0 Å². The van der Waals surface area contributed by atoms with Gasteiger partial charge >= 0.3 is 0 Å². The van der Waals surface area contributed by atoms with Gasteiger partial charge in [-0.2, -0.15) is 0 Å². The molecule has 32 heavy (non-hydrogen) atoms. The number of hydrogen-bond acceptors (Lipinski definition) is 3. The molecule has 2 aliphatic rings. The van der Waals surface area contributed by atoms with Crippen LogP contribution >= 0.6 is 0 Å². The van der Waals surface area contributed by atoms with E-state index in [2.05, 4.69) is 52.5 Å². The van der Waals surface area contributed by atoms with E-state index < -0.39 is 5.60 Å². The lowest BCUT2D eigenvalue weighted by atomic mass is 9.72. The third-order valence-corrected chi connectivity index (χ3v) is 8.21. The molecule has 7 unspecified atom stereocenters. The number of aliphatic hydroxyl groups is 1. The van der Waals surface area contributed by atoms with Crippen LogP contribution in [0.4, 0.5) is 0 Å². The van der Waals surface area contributed by atoms with Gasteiger partial charge in [0.2, 0.25) is 0 Å². The summed E-state index contributed by atoms with van der Waals surface area (Å²) in [5.74, 6) is 1.80. The fraction of sp³-hybridized carbons (Fsp3) is 0.793. The van der Waals surface area contributed by atoms with E-state index >= 15 is 0 Å². The SMILES string of the molecule is C=C([O-])C(C)CCCC(C)(O)CC/C=C(\C)CCCC1(C)CCC2C=CC(C)C(C)C2O1. The highest BCUT2D eigenvalue weighted by molar-refractivity contribution is 5.07. The van der Waals surface area contributed by atoms with Crippen LogP contribution in [0.5, 0.6) is 0 Å². The molecule has 0 aromatic carbocycles. The summed E-state index contributed by atoms with van der Waals surface area (Å²) in [6.45, 7) is 16.5. The Kier molecular flexibility index (Phi) is 10.1. The maximum Gasteiger partial charge on any atom is 0.0676 e. The Morgan fingerprint density at radius 1 is 1.31 bits per heavy atom. The van der Waals surface area contributed by atoms with E-state index in [-0.39, 0.29) is 17.3 Å². The van der Waals surface area contributed by atoms with Gasteiger partial charge in [0.25, 0.3) is 0 Å². The van der Waals surface area contributed by atoms with Crippen LogP contribution < -0.4 is 5.11 Å². The van der Waals surface area contributed by atoms with E-state index in [0.29, 0.717) is 23.9 Å². The molecule has 184 valence electrons. The van der Waals surface area contributed by atoms with E-state index in [0.717, 1.165) is 57.8 Å². The largest absolute Gasteiger partial charge is 0.876 e. The van der Waals surface area contributed by atoms with Crippen molar-refractivity contribution in [3.05, 3.63) is 36.1 Å². The molecule has 0 spiro atoms. The molecule has 1 saturated heterocycles. The summed E-state index contributed by atoms with van der Waals surface area (Å²) in [4.78, 5) is 0. The summed E-state index contributed by atoms with van der Waals surface area (Å²) in [6.07, 6.45) is 17.3. The summed E-state index contributed by atoms with van der Waals surface area (Å²) in [5.41, 5.74) is 0.761. The number of hydrogen-bond donors (Lipinski definition) is 1. The topological polar surface area (TPSA) is 52.5 Å². The van der Waals surface area contributed by atoms with Gasteiger partial charge in [-0.25, -0.2) is 0 Å². The first-order valence-corrected chi connectivity index (χ1v) is 13.0. The van der Waals surface area contributed by atoms with E-state index in [1.165, 1.54) is 12.0 Å². The normalized spacial score (nSPS) is 33.4. The molecule has 1 fully saturated rings. The highest BCUT2D eigenvalue weighted by Gasteiger charge is 2.42. The minimum absolute atomic E-state index is 0.00449. The number of allylic oxidation sites excluding steroid dienone is 4. The van der Waals surface area contributed by atoms with Gasteiger partial charge in [-0.3, -0.25) is 0 Å². The Balaban J connectivity index is 1.69. The first-order chi connectivity index (χ1) is 14.9. The fourth-order valence-electron chi connectivity index (χ4n) is 5.34. The maximum atomic E-state index is 11.3. The van der Waals surface area contributed by atoms with Gasteiger partial charge < -0.3 is 14.9 Å². The van der Waals surface area contributed by atoms with Crippen molar-refractivity contribution < 1.29 is 14.9 Å². The van der Waals surface area contributed by atoms with Crippen molar-refractivity contribution >= 4 is 0 Å². The number of fused-ring (bicyclic) bond motifs is 1. The van der Waals surface area contributed by atoms with Gasteiger partial charge in [-0.05, 0) is 96.3 Å². The van der Waals surface area contributed by atoms with Crippen molar-refractivity contribution in [1.82, 2.24) is 0 Å². The molecule has 3 nitrogen and oxygen atoms in total. The summed E-state index contributed by atoms with van der Waals surface area (Å²) >= 11 is 0.